The van der Waals surface area contributed by atoms with Crippen molar-refractivity contribution >= 4 is 58.9 Å². The van der Waals surface area contributed by atoms with Gasteiger partial charge in [0.1, 0.15) is 4.90 Å². The highest BCUT2D eigenvalue weighted by molar-refractivity contribution is 9.11. The molecule has 114 valence electrons. The lowest BCUT2D eigenvalue weighted by Crippen LogP contribution is -2.34. The molecule has 0 fully saturated rings. The molecule has 21 heavy (non-hydrogen) atoms. The summed E-state index contributed by atoms with van der Waals surface area (Å²) in [5, 5.41) is 1.97. The Hall–Kier alpha value is -0.410. The van der Waals surface area contributed by atoms with E-state index in [0.29, 0.717) is 10.9 Å². The van der Waals surface area contributed by atoms with Crippen molar-refractivity contribution in [1.29, 1.82) is 0 Å². The molecule has 3 N–H and O–H groups in total. The van der Waals surface area contributed by atoms with Crippen molar-refractivity contribution in [3.8, 4) is 0 Å². The molecule has 0 radical (unpaired) electrons. The van der Waals surface area contributed by atoms with Crippen LogP contribution in [-0.4, -0.2) is 14.5 Å². The Labute approximate surface area is 145 Å². The second-order valence-electron chi connectivity index (χ2n) is 4.61. The fraction of sp³-hybridized carbons (Fsp3) is 0.231. The molecule has 1 aromatic heterocycles. The van der Waals surface area contributed by atoms with Crippen LogP contribution in [0.25, 0.3) is 0 Å². The zero-order chi connectivity index (χ0) is 15.6. The highest BCUT2D eigenvalue weighted by atomic mass is 79.9. The minimum atomic E-state index is -3.68. The third kappa shape index (κ3) is 4.29. The van der Waals surface area contributed by atoms with Gasteiger partial charge in [-0.25, -0.2) is 13.1 Å². The summed E-state index contributed by atoms with van der Waals surface area (Å²) in [7, 11) is -3.68. The van der Waals surface area contributed by atoms with Gasteiger partial charge in [-0.1, -0.05) is 22.0 Å². The topological polar surface area (TPSA) is 72.2 Å². The van der Waals surface area contributed by atoms with E-state index in [-0.39, 0.29) is 16.6 Å². The molecule has 2 aromatic rings. The predicted molar refractivity (Wildman–Crippen MR) is 94.1 cm³/mol. The Balaban J connectivity index is 2.22. The van der Waals surface area contributed by atoms with Gasteiger partial charge in [0, 0.05) is 19.9 Å². The SMILES string of the molecule is CC(Cc1cccs1)NS(=O)(=O)c1c(N)cc(Br)cc1Br. The summed E-state index contributed by atoms with van der Waals surface area (Å²) in [6, 6.07) is 6.95. The third-order valence-corrected chi connectivity index (χ3v) is 6.70. The second-order valence-corrected chi connectivity index (χ2v) is 9.06. The summed E-state index contributed by atoms with van der Waals surface area (Å²) in [5.74, 6) is 0. The average Bonchev–Trinajstić information content (AvgIpc) is 2.78. The first-order chi connectivity index (χ1) is 9.79. The lowest BCUT2D eigenvalue weighted by atomic mass is 10.2. The largest absolute Gasteiger partial charge is 0.398 e. The van der Waals surface area contributed by atoms with Gasteiger partial charge in [0.05, 0.1) is 5.69 Å². The average molecular weight is 454 g/mol. The van der Waals surface area contributed by atoms with E-state index in [1.165, 1.54) is 0 Å². The van der Waals surface area contributed by atoms with Gasteiger partial charge in [-0.2, -0.15) is 0 Å². The molecule has 2 rings (SSSR count). The van der Waals surface area contributed by atoms with Crippen molar-refractivity contribution in [3.05, 3.63) is 43.5 Å². The van der Waals surface area contributed by atoms with Crippen LogP contribution in [0.1, 0.15) is 11.8 Å². The van der Waals surface area contributed by atoms with Gasteiger partial charge >= 0.3 is 0 Å². The smallest absolute Gasteiger partial charge is 0.243 e. The van der Waals surface area contributed by atoms with Crippen LogP contribution in [0.4, 0.5) is 5.69 Å². The number of nitrogens with one attached hydrogen (secondary N) is 1. The van der Waals surface area contributed by atoms with Crippen LogP contribution in [0.5, 0.6) is 0 Å². The molecular formula is C13H14Br2N2O2S2. The maximum atomic E-state index is 12.5. The van der Waals surface area contributed by atoms with E-state index in [1.807, 2.05) is 24.4 Å². The van der Waals surface area contributed by atoms with E-state index in [0.717, 1.165) is 9.35 Å². The maximum absolute atomic E-state index is 12.5. The number of thiophene rings is 1. The molecule has 0 spiro atoms. The minimum Gasteiger partial charge on any atom is -0.398 e. The summed E-state index contributed by atoms with van der Waals surface area (Å²) >= 11 is 8.14. The standard InChI is InChI=1S/C13H14Br2N2O2S2/c1-8(5-10-3-2-4-20-10)17-21(18,19)13-11(15)6-9(14)7-12(13)16/h2-4,6-8,17H,5,16H2,1H3. The number of sulfonamides is 1. The van der Waals surface area contributed by atoms with Crippen LogP contribution in [0.3, 0.4) is 0 Å². The lowest BCUT2D eigenvalue weighted by Gasteiger charge is -2.16. The fourth-order valence-corrected chi connectivity index (χ4v) is 6.11. The van der Waals surface area contributed by atoms with Crippen molar-refractivity contribution in [3.63, 3.8) is 0 Å². The number of anilines is 1. The molecule has 4 nitrogen and oxygen atoms in total. The molecule has 8 heteroatoms. The Morgan fingerprint density at radius 3 is 2.67 bits per heavy atom. The van der Waals surface area contributed by atoms with Crippen LogP contribution >= 0.6 is 43.2 Å². The number of hydrogen-bond acceptors (Lipinski definition) is 4. The maximum Gasteiger partial charge on any atom is 0.243 e. The molecule has 0 aliphatic heterocycles. The molecule has 1 atom stereocenters. The van der Waals surface area contributed by atoms with Gasteiger partial charge < -0.3 is 5.73 Å². The molecule has 1 unspecified atom stereocenters. The fourth-order valence-electron chi connectivity index (χ4n) is 1.96. The van der Waals surface area contributed by atoms with Crippen LogP contribution in [-0.2, 0) is 16.4 Å². The van der Waals surface area contributed by atoms with Crippen LogP contribution in [0.2, 0.25) is 0 Å². The van der Waals surface area contributed by atoms with E-state index in [2.05, 4.69) is 36.6 Å². The molecule has 1 heterocycles. The van der Waals surface area contributed by atoms with E-state index >= 15 is 0 Å². The molecule has 0 saturated heterocycles. The van der Waals surface area contributed by atoms with E-state index in [1.54, 1.807) is 23.5 Å². The summed E-state index contributed by atoms with van der Waals surface area (Å²) in [6.45, 7) is 1.83. The molecule has 0 saturated carbocycles. The highest BCUT2D eigenvalue weighted by Crippen LogP contribution is 2.31. The Morgan fingerprint density at radius 1 is 1.38 bits per heavy atom. The lowest BCUT2D eigenvalue weighted by molar-refractivity contribution is 0.560. The van der Waals surface area contributed by atoms with Crippen molar-refractivity contribution < 1.29 is 8.42 Å². The Kier molecular flexibility index (Phi) is 5.48. The number of nitrogens with two attached hydrogens (primary N) is 1. The predicted octanol–water partition coefficient (Wildman–Crippen LogP) is 3.76. The van der Waals surface area contributed by atoms with Crippen molar-refractivity contribution in [1.82, 2.24) is 4.72 Å². The molecule has 1 aromatic carbocycles. The highest BCUT2D eigenvalue weighted by Gasteiger charge is 2.23. The van der Waals surface area contributed by atoms with Crippen LogP contribution in [0, 0.1) is 0 Å². The van der Waals surface area contributed by atoms with Gasteiger partial charge in [0.2, 0.25) is 10.0 Å². The van der Waals surface area contributed by atoms with Gasteiger partial charge in [0.25, 0.3) is 0 Å². The number of hydrogen-bond donors (Lipinski definition) is 2. The second kappa shape index (κ2) is 6.78. The Morgan fingerprint density at radius 2 is 2.10 bits per heavy atom. The van der Waals surface area contributed by atoms with Crippen molar-refractivity contribution in [2.45, 2.75) is 24.3 Å². The molecule has 0 bridgehead atoms. The number of rotatable bonds is 5. The van der Waals surface area contributed by atoms with E-state index in [4.69, 9.17) is 5.73 Å². The summed E-state index contributed by atoms with van der Waals surface area (Å²) in [6.07, 6.45) is 0.644. The number of halogens is 2. The zero-order valence-electron chi connectivity index (χ0n) is 11.1. The molecule has 0 amide bonds. The van der Waals surface area contributed by atoms with Crippen molar-refractivity contribution in [2.24, 2.45) is 0 Å². The normalized spacial score (nSPS) is 13.3. The summed E-state index contributed by atoms with van der Waals surface area (Å²) in [5.41, 5.74) is 6.04. The third-order valence-electron chi connectivity index (χ3n) is 2.75. The summed E-state index contributed by atoms with van der Waals surface area (Å²) < 4.78 is 28.8. The van der Waals surface area contributed by atoms with Gasteiger partial charge in [-0.15, -0.1) is 11.3 Å². The first-order valence-corrected chi connectivity index (χ1v) is 10.0. The quantitative estimate of drug-likeness (QED) is 0.676. The van der Waals surface area contributed by atoms with E-state index in [9.17, 15) is 8.42 Å². The van der Waals surface area contributed by atoms with Gasteiger partial charge in [0.15, 0.2) is 0 Å². The Bertz CT molecular complexity index is 708. The molecule has 0 aliphatic carbocycles. The van der Waals surface area contributed by atoms with E-state index < -0.39 is 10.0 Å². The number of nitrogen functional groups attached to an aromatic ring is 1. The van der Waals surface area contributed by atoms with Crippen molar-refractivity contribution in [2.75, 3.05) is 5.73 Å². The van der Waals surface area contributed by atoms with Crippen LogP contribution in [0.15, 0.2) is 43.5 Å². The van der Waals surface area contributed by atoms with Gasteiger partial charge in [-0.05, 0) is 52.9 Å². The first-order valence-electron chi connectivity index (χ1n) is 6.09. The van der Waals surface area contributed by atoms with Crippen LogP contribution < -0.4 is 10.5 Å². The summed E-state index contributed by atoms with van der Waals surface area (Å²) in [4.78, 5) is 1.21. The minimum absolute atomic E-state index is 0.0729. The van der Waals surface area contributed by atoms with Gasteiger partial charge in [-0.3, -0.25) is 0 Å². The zero-order valence-corrected chi connectivity index (χ0v) is 15.9. The first kappa shape index (κ1) is 17.0. The molecule has 0 aliphatic rings. The molecular weight excluding hydrogens is 440 g/mol. The monoisotopic (exact) mass is 452 g/mol. The number of benzene rings is 1.